The summed E-state index contributed by atoms with van der Waals surface area (Å²) in [5.74, 6) is 5.92. The minimum Gasteiger partial charge on any atom is -0.378 e. The van der Waals surface area contributed by atoms with E-state index in [2.05, 4.69) is 95.5 Å². The number of carbonyl (C=O) groups is 1. The van der Waals surface area contributed by atoms with E-state index in [1.807, 2.05) is 4.90 Å². The lowest BCUT2D eigenvalue weighted by molar-refractivity contribution is -0.131. The number of piperazine rings is 2. The van der Waals surface area contributed by atoms with E-state index in [1.165, 1.54) is 0 Å². The second-order valence-corrected chi connectivity index (χ2v) is 19.1. The van der Waals surface area contributed by atoms with Gasteiger partial charge in [0.15, 0.2) is 45.6 Å². The van der Waals surface area contributed by atoms with Crippen molar-refractivity contribution >= 4 is 63.7 Å². The number of hydrogen-bond donors (Lipinski definition) is 3. The molecule has 368 valence electrons. The number of amides is 1. The van der Waals surface area contributed by atoms with Gasteiger partial charge in [0.1, 0.15) is 0 Å². The number of anilines is 6. The Labute approximate surface area is 402 Å². The molecule has 6 aromatic heterocycles. The van der Waals surface area contributed by atoms with Crippen LogP contribution in [-0.4, -0.2) is 174 Å². The van der Waals surface area contributed by atoms with E-state index in [0.717, 1.165) is 110 Å². The van der Waals surface area contributed by atoms with Crippen LogP contribution >= 0.6 is 0 Å². The van der Waals surface area contributed by atoms with E-state index >= 15 is 0 Å². The number of nitrogens with one attached hydrogen (secondary N) is 1. The molecule has 4 saturated heterocycles. The van der Waals surface area contributed by atoms with Crippen molar-refractivity contribution in [3.63, 3.8) is 0 Å². The number of rotatable bonds is 10. The van der Waals surface area contributed by atoms with Crippen LogP contribution in [0, 0.1) is 11.8 Å². The molecule has 10 rings (SSSR count). The van der Waals surface area contributed by atoms with Gasteiger partial charge in [0.25, 0.3) is 0 Å². The lowest BCUT2D eigenvalue weighted by Crippen LogP contribution is -2.54. The number of aromatic nitrogens is 12. The van der Waals surface area contributed by atoms with Crippen LogP contribution in [0.25, 0.3) is 45.1 Å². The largest absolute Gasteiger partial charge is 0.378 e. The first-order valence-electron chi connectivity index (χ1n) is 24.2. The van der Waals surface area contributed by atoms with Crippen molar-refractivity contribution in [1.29, 1.82) is 0 Å². The van der Waals surface area contributed by atoms with Gasteiger partial charge >= 0.3 is 0 Å². The Morgan fingerprint density at radius 1 is 0.623 bits per heavy atom. The third-order valence-electron chi connectivity index (χ3n) is 12.7. The van der Waals surface area contributed by atoms with Crippen molar-refractivity contribution in [2.75, 3.05) is 123 Å². The van der Waals surface area contributed by atoms with E-state index in [0.29, 0.717) is 81.2 Å². The molecule has 4 aliphatic heterocycles. The highest BCUT2D eigenvalue weighted by atomic mass is 16.5. The fourth-order valence-electron chi connectivity index (χ4n) is 9.38. The van der Waals surface area contributed by atoms with Crippen molar-refractivity contribution in [2.45, 2.75) is 73.6 Å². The normalized spacial score (nSPS) is 19.2. The van der Waals surface area contributed by atoms with E-state index in [-0.39, 0.29) is 23.8 Å². The summed E-state index contributed by atoms with van der Waals surface area (Å²) in [6, 6.07) is 0.495. The summed E-state index contributed by atoms with van der Waals surface area (Å²) in [7, 11) is 0. The molecule has 5 N–H and O–H groups in total. The number of hydrogen-bond acceptors (Lipinski definition) is 20. The van der Waals surface area contributed by atoms with Crippen LogP contribution in [0.15, 0.2) is 24.8 Å². The van der Waals surface area contributed by atoms with Crippen molar-refractivity contribution in [2.24, 2.45) is 11.8 Å². The maximum absolute atomic E-state index is 12.1. The quantitative estimate of drug-likeness (QED) is 0.178. The summed E-state index contributed by atoms with van der Waals surface area (Å²) < 4.78 is 15.6. The van der Waals surface area contributed by atoms with Crippen molar-refractivity contribution in [1.82, 2.24) is 69.2 Å². The second kappa shape index (κ2) is 20.6. The minimum atomic E-state index is 0.0934. The summed E-state index contributed by atoms with van der Waals surface area (Å²) in [5, 5.41) is 3.52. The standard InChI is InChI=1S/C24H34N10O2.C22H32N10O/c1-15(2)13-34-22-19(28-24(34)32-5-6-33(17(4)35)16(3)14-32)21(31-7-9-36-10-8-31)29-20(30-22)18-11-26-23(25)27-12-18;1-14(2)12-32-20-17(27-22(32)31-5-4-24-15(3)13-31)19(30-6-8-33-9-7-30)28-18(29-20)16-10-25-21(23)26-11-16/h11-12,15-16H,5-10,13-14H2,1-4H3,(H2,25,26,27);10-11,14-15,24H,4-9,12-13H2,1-3H3,(H2,23,25,26)/t16-;15-/m11/s1. The molecule has 0 saturated carbocycles. The Hall–Kier alpha value is -6.59. The number of nitrogens with zero attached hydrogens (tertiary/aromatic N) is 17. The molecule has 1 amide bonds. The number of nitrogen functional groups attached to an aromatic ring is 2. The summed E-state index contributed by atoms with van der Waals surface area (Å²) >= 11 is 0. The van der Waals surface area contributed by atoms with Gasteiger partial charge in [-0.25, -0.2) is 49.8 Å². The summed E-state index contributed by atoms with van der Waals surface area (Å²) in [4.78, 5) is 69.8. The van der Waals surface area contributed by atoms with Gasteiger partial charge < -0.3 is 50.8 Å². The third-order valence-corrected chi connectivity index (χ3v) is 12.7. The molecule has 0 bridgehead atoms. The number of imidazole rings is 2. The van der Waals surface area contributed by atoms with Crippen LogP contribution in [0.1, 0.15) is 48.5 Å². The molecular weight excluding hydrogens is 881 g/mol. The number of morpholine rings is 2. The maximum Gasteiger partial charge on any atom is 0.219 e. The molecular formula is C46H66N20O3. The Kier molecular flexibility index (Phi) is 14.1. The molecule has 23 nitrogen and oxygen atoms in total. The first-order chi connectivity index (χ1) is 33.3. The predicted octanol–water partition coefficient (Wildman–Crippen LogP) is 2.57. The molecule has 0 unspecified atom stereocenters. The number of fused-ring (bicyclic) bond motifs is 2. The highest BCUT2D eigenvalue weighted by Crippen LogP contribution is 2.34. The van der Waals surface area contributed by atoms with Crippen molar-refractivity contribution in [3.8, 4) is 22.8 Å². The average Bonchev–Trinajstić information content (AvgIpc) is 3.89. The Morgan fingerprint density at radius 2 is 1.07 bits per heavy atom. The van der Waals surface area contributed by atoms with Gasteiger partial charge in [0, 0.05) is 122 Å². The van der Waals surface area contributed by atoms with Gasteiger partial charge in [0.05, 0.1) is 37.6 Å². The monoisotopic (exact) mass is 947 g/mol. The SMILES string of the molecule is CC(=O)N1CCN(c2nc3c(N4CCOCC4)nc(-c4cnc(N)nc4)nc3n2CC(C)C)C[C@H]1C.CC(C)Cn1c(N2CCN[C@H](C)C2)nc2c(N3CCOCC3)nc(-c3cnc(N)nc3)nc21. The molecule has 23 heteroatoms. The molecule has 4 aliphatic rings. The van der Waals surface area contributed by atoms with Crippen LogP contribution < -0.4 is 36.4 Å². The first kappa shape index (κ1) is 47.5. The Bertz CT molecular complexity index is 2710. The minimum absolute atomic E-state index is 0.0934. The van der Waals surface area contributed by atoms with Gasteiger partial charge in [-0.3, -0.25) is 13.9 Å². The van der Waals surface area contributed by atoms with Gasteiger partial charge in [0.2, 0.25) is 29.7 Å². The Balaban J connectivity index is 0.000000172. The molecule has 6 aromatic rings. The van der Waals surface area contributed by atoms with Gasteiger partial charge in [-0.2, -0.15) is 0 Å². The van der Waals surface area contributed by atoms with Gasteiger partial charge in [-0.15, -0.1) is 0 Å². The molecule has 0 aromatic carbocycles. The maximum atomic E-state index is 12.1. The molecule has 2 atom stereocenters. The molecule has 10 heterocycles. The van der Waals surface area contributed by atoms with Crippen LogP contribution in [0.5, 0.6) is 0 Å². The fraction of sp³-hybridized carbons (Fsp3) is 0.587. The zero-order chi connectivity index (χ0) is 48.3. The zero-order valence-electron chi connectivity index (χ0n) is 40.9. The summed E-state index contributed by atoms with van der Waals surface area (Å²) in [6.07, 6.45) is 6.65. The predicted molar refractivity (Wildman–Crippen MR) is 266 cm³/mol. The van der Waals surface area contributed by atoms with Crippen LogP contribution in [0.3, 0.4) is 0 Å². The fourth-order valence-corrected chi connectivity index (χ4v) is 9.38. The molecule has 4 fully saturated rings. The highest BCUT2D eigenvalue weighted by Gasteiger charge is 2.32. The number of ether oxygens (including phenoxy) is 2. The van der Waals surface area contributed by atoms with E-state index in [9.17, 15) is 4.79 Å². The molecule has 0 aliphatic carbocycles. The first-order valence-corrected chi connectivity index (χ1v) is 24.2. The van der Waals surface area contributed by atoms with Crippen molar-refractivity contribution < 1.29 is 14.3 Å². The topological polar surface area (TPSA) is 255 Å². The lowest BCUT2D eigenvalue weighted by Gasteiger charge is -2.40. The molecule has 0 radical (unpaired) electrons. The van der Waals surface area contributed by atoms with Crippen LogP contribution in [0.2, 0.25) is 0 Å². The smallest absolute Gasteiger partial charge is 0.219 e. The second-order valence-electron chi connectivity index (χ2n) is 19.1. The number of carbonyl (C=O) groups excluding carboxylic acids is 1. The third kappa shape index (κ3) is 10.4. The van der Waals surface area contributed by atoms with Gasteiger partial charge in [-0.1, -0.05) is 27.7 Å². The van der Waals surface area contributed by atoms with E-state index in [1.54, 1.807) is 31.7 Å². The molecule has 0 spiro atoms. The van der Waals surface area contributed by atoms with Gasteiger partial charge in [-0.05, 0) is 25.7 Å². The lowest BCUT2D eigenvalue weighted by atomic mass is 10.2. The zero-order valence-corrected chi connectivity index (χ0v) is 40.9. The van der Waals surface area contributed by atoms with E-state index < -0.39 is 0 Å². The summed E-state index contributed by atoms with van der Waals surface area (Å²) in [5.41, 5.74) is 16.1. The molecule has 69 heavy (non-hydrogen) atoms. The van der Waals surface area contributed by atoms with Crippen LogP contribution in [0.4, 0.5) is 35.4 Å². The van der Waals surface area contributed by atoms with E-state index in [4.69, 9.17) is 50.8 Å². The average molecular weight is 947 g/mol. The Morgan fingerprint density at radius 3 is 1.48 bits per heavy atom. The summed E-state index contributed by atoms with van der Waals surface area (Å²) in [6.45, 7) is 26.7. The van der Waals surface area contributed by atoms with Crippen LogP contribution in [-0.2, 0) is 27.4 Å². The highest BCUT2D eigenvalue weighted by molar-refractivity contribution is 5.89. The van der Waals surface area contributed by atoms with Crippen molar-refractivity contribution in [3.05, 3.63) is 24.8 Å². The number of nitrogens with two attached hydrogens (primary N) is 2.